The van der Waals surface area contributed by atoms with Gasteiger partial charge in [-0.1, -0.05) is 200 Å². The summed E-state index contributed by atoms with van der Waals surface area (Å²) in [5.41, 5.74) is 13.6. The molecule has 0 amide bonds. The SMILES string of the molecule is c1ccc(-c2ccc(-c3nc(-c4ccccc4)cc(-c4cccc5c4-c4ccccc4C54c5ccc6ccccc6c5Oc5c4ccc4ccccc54)n3)cc2)cc1. The molecule has 1 aliphatic heterocycles. The van der Waals surface area contributed by atoms with Crippen molar-refractivity contribution in [2.24, 2.45) is 0 Å². The summed E-state index contributed by atoms with van der Waals surface area (Å²) >= 11 is 0. The molecule has 9 aromatic carbocycles. The Balaban J connectivity index is 1.14. The predicted molar refractivity (Wildman–Crippen MR) is 236 cm³/mol. The van der Waals surface area contributed by atoms with Crippen LogP contribution in [-0.2, 0) is 5.41 Å². The van der Waals surface area contributed by atoms with Crippen molar-refractivity contribution in [3.8, 4) is 67.7 Å². The van der Waals surface area contributed by atoms with Gasteiger partial charge in [0, 0.05) is 38.6 Å². The standard InChI is InChI=1S/C55H34N2O/c1-3-14-35(15-4-1)36-26-28-40(29-27-36)54-56-49(39-18-5-2-6-19-39)34-50(57-54)44-23-13-25-46-51(44)43-22-11-12-24-45(43)55(46)47-32-30-37-16-7-9-20-41(37)52(47)58-53-42-21-10-8-17-38(42)31-33-48(53)55/h1-34H. The molecule has 0 radical (unpaired) electrons. The molecule has 1 aliphatic carbocycles. The van der Waals surface area contributed by atoms with Gasteiger partial charge in [-0.3, -0.25) is 0 Å². The smallest absolute Gasteiger partial charge is 0.160 e. The molecule has 3 nitrogen and oxygen atoms in total. The van der Waals surface area contributed by atoms with Crippen LogP contribution in [0.15, 0.2) is 206 Å². The van der Waals surface area contributed by atoms with Crippen molar-refractivity contribution in [2.75, 3.05) is 0 Å². The molecule has 1 spiro atoms. The first kappa shape index (κ1) is 32.6. The Labute approximate surface area is 336 Å². The lowest BCUT2D eigenvalue weighted by Crippen LogP contribution is -2.32. The summed E-state index contributed by atoms with van der Waals surface area (Å²) in [7, 11) is 0. The van der Waals surface area contributed by atoms with E-state index in [1.807, 2.05) is 12.1 Å². The van der Waals surface area contributed by atoms with Crippen LogP contribution in [0, 0.1) is 0 Å². The molecule has 0 saturated carbocycles. The van der Waals surface area contributed by atoms with E-state index in [-0.39, 0.29) is 0 Å². The number of fused-ring (bicyclic) bond motifs is 13. The summed E-state index contributed by atoms with van der Waals surface area (Å²) in [6, 6.07) is 73.6. The Hall–Kier alpha value is -7.62. The van der Waals surface area contributed by atoms with Crippen LogP contribution in [0.2, 0.25) is 0 Å². The Kier molecular flexibility index (Phi) is 7.14. The van der Waals surface area contributed by atoms with E-state index in [9.17, 15) is 0 Å². The van der Waals surface area contributed by atoms with Crippen LogP contribution in [0.3, 0.4) is 0 Å². The van der Waals surface area contributed by atoms with Crippen LogP contribution in [0.4, 0.5) is 0 Å². The number of hydrogen-bond donors (Lipinski definition) is 0. The van der Waals surface area contributed by atoms with Crippen molar-refractivity contribution in [2.45, 2.75) is 5.41 Å². The molecule has 0 saturated heterocycles. The van der Waals surface area contributed by atoms with Crippen LogP contribution in [-0.4, -0.2) is 9.97 Å². The molecule has 2 heterocycles. The Morgan fingerprint density at radius 2 is 0.862 bits per heavy atom. The molecular formula is C55H34N2O. The van der Waals surface area contributed by atoms with Gasteiger partial charge in [-0.15, -0.1) is 0 Å². The maximum absolute atomic E-state index is 7.18. The largest absolute Gasteiger partial charge is 0.455 e. The highest BCUT2D eigenvalue weighted by Crippen LogP contribution is 2.65. The molecule has 0 N–H and O–H groups in total. The summed E-state index contributed by atoms with van der Waals surface area (Å²) in [5, 5.41) is 4.51. The molecule has 2 aliphatic rings. The second-order valence-electron chi connectivity index (χ2n) is 15.2. The third-order valence-corrected chi connectivity index (χ3v) is 12.2. The van der Waals surface area contributed by atoms with E-state index in [4.69, 9.17) is 14.7 Å². The average Bonchev–Trinajstić information content (AvgIpc) is 3.60. The van der Waals surface area contributed by atoms with Gasteiger partial charge in [-0.2, -0.15) is 0 Å². The quantitative estimate of drug-likeness (QED) is 0.180. The van der Waals surface area contributed by atoms with E-state index in [1.165, 1.54) is 27.8 Å². The van der Waals surface area contributed by atoms with Crippen LogP contribution in [0.5, 0.6) is 11.5 Å². The van der Waals surface area contributed by atoms with Gasteiger partial charge >= 0.3 is 0 Å². The van der Waals surface area contributed by atoms with Gasteiger partial charge in [0.25, 0.3) is 0 Å². The fraction of sp³-hybridized carbons (Fsp3) is 0.0182. The van der Waals surface area contributed by atoms with Gasteiger partial charge in [0.15, 0.2) is 5.82 Å². The topological polar surface area (TPSA) is 35.0 Å². The van der Waals surface area contributed by atoms with Crippen LogP contribution in [0.25, 0.3) is 77.7 Å². The van der Waals surface area contributed by atoms with Gasteiger partial charge < -0.3 is 4.74 Å². The number of rotatable bonds is 4. The highest BCUT2D eigenvalue weighted by Gasteiger charge is 2.52. The molecule has 1 aromatic heterocycles. The monoisotopic (exact) mass is 738 g/mol. The van der Waals surface area contributed by atoms with Crippen LogP contribution in [0.1, 0.15) is 22.3 Å². The predicted octanol–water partition coefficient (Wildman–Crippen LogP) is 13.9. The second-order valence-corrected chi connectivity index (χ2v) is 15.2. The summed E-state index contributed by atoms with van der Waals surface area (Å²) in [6.45, 7) is 0. The minimum Gasteiger partial charge on any atom is -0.455 e. The first-order valence-corrected chi connectivity index (χ1v) is 19.8. The zero-order valence-electron chi connectivity index (χ0n) is 31.4. The fourth-order valence-corrected chi connectivity index (χ4v) is 9.58. The number of ether oxygens (including phenoxy) is 1. The molecule has 10 aromatic rings. The number of nitrogens with zero attached hydrogens (tertiary/aromatic N) is 2. The van der Waals surface area contributed by atoms with Crippen LogP contribution < -0.4 is 4.74 Å². The molecule has 0 bridgehead atoms. The first-order chi connectivity index (χ1) is 28.8. The number of benzene rings is 9. The molecule has 0 atom stereocenters. The third kappa shape index (κ3) is 4.74. The van der Waals surface area contributed by atoms with Crippen molar-refractivity contribution in [3.63, 3.8) is 0 Å². The minimum absolute atomic E-state index is 0.649. The van der Waals surface area contributed by atoms with Crippen molar-refractivity contribution in [3.05, 3.63) is 229 Å². The average molecular weight is 739 g/mol. The normalized spacial score (nSPS) is 13.1. The molecular weight excluding hydrogens is 705 g/mol. The molecule has 0 fully saturated rings. The molecule has 58 heavy (non-hydrogen) atoms. The molecule has 270 valence electrons. The van der Waals surface area contributed by atoms with Crippen molar-refractivity contribution in [1.82, 2.24) is 9.97 Å². The maximum atomic E-state index is 7.18. The van der Waals surface area contributed by atoms with Gasteiger partial charge in [0.2, 0.25) is 0 Å². The summed E-state index contributed by atoms with van der Waals surface area (Å²) < 4.78 is 7.18. The minimum atomic E-state index is -0.649. The lowest BCUT2D eigenvalue weighted by Gasteiger charge is -2.40. The van der Waals surface area contributed by atoms with E-state index < -0.39 is 5.41 Å². The lowest BCUT2D eigenvalue weighted by atomic mass is 9.65. The lowest BCUT2D eigenvalue weighted by molar-refractivity contribution is 0.447. The maximum Gasteiger partial charge on any atom is 0.160 e. The molecule has 12 rings (SSSR count). The highest BCUT2D eigenvalue weighted by molar-refractivity contribution is 6.02. The number of aromatic nitrogens is 2. The van der Waals surface area contributed by atoms with E-state index in [2.05, 4.69) is 194 Å². The molecule has 3 heteroatoms. The fourth-order valence-electron chi connectivity index (χ4n) is 9.58. The van der Waals surface area contributed by atoms with Gasteiger partial charge in [0.05, 0.1) is 16.8 Å². The van der Waals surface area contributed by atoms with E-state index in [1.54, 1.807) is 0 Å². The Bertz CT molecular complexity index is 3160. The van der Waals surface area contributed by atoms with Gasteiger partial charge in [0.1, 0.15) is 11.5 Å². The van der Waals surface area contributed by atoms with Crippen molar-refractivity contribution in [1.29, 1.82) is 0 Å². The Morgan fingerprint density at radius 3 is 1.55 bits per heavy atom. The van der Waals surface area contributed by atoms with E-state index in [0.29, 0.717) is 5.82 Å². The van der Waals surface area contributed by atoms with E-state index >= 15 is 0 Å². The Morgan fingerprint density at radius 1 is 0.345 bits per heavy atom. The third-order valence-electron chi connectivity index (χ3n) is 12.2. The number of hydrogen-bond acceptors (Lipinski definition) is 3. The summed E-state index contributed by atoms with van der Waals surface area (Å²) in [6.07, 6.45) is 0. The second kappa shape index (κ2) is 12.7. The first-order valence-electron chi connectivity index (χ1n) is 19.8. The highest BCUT2D eigenvalue weighted by atomic mass is 16.5. The van der Waals surface area contributed by atoms with E-state index in [0.717, 1.165) is 77.8 Å². The zero-order chi connectivity index (χ0) is 38.2. The van der Waals surface area contributed by atoms with Crippen molar-refractivity contribution >= 4 is 21.5 Å². The van der Waals surface area contributed by atoms with Crippen LogP contribution >= 0.6 is 0 Å². The zero-order valence-corrected chi connectivity index (χ0v) is 31.4. The van der Waals surface area contributed by atoms with Gasteiger partial charge in [-0.25, -0.2) is 9.97 Å². The summed E-state index contributed by atoms with van der Waals surface area (Å²) in [5.74, 6) is 2.50. The van der Waals surface area contributed by atoms with Gasteiger partial charge in [-0.05, 0) is 50.2 Å². The van der Waals surface area contributed by atoms with Crippen molar-refractivity contribution < 1.29 is 4.74 Å². The summed E-state index contributed by atoms with van der Waals surface area (Å²) in [4.78, 5) is 10.6. The molecule has 0 unspecified atom stereocenters.